The van der Waals surface area contributed by atoms with Gasteiger partial charge < -0.3 is 9.88 Å². The number of anilines is 1. The molecule has 0 radical (unpaired) electrons. The molecule has 1 saturated carbocycles. The van der Waals surface area contributed by atoms with Crippen LogP contribution in [0.2, 0.25) is 0 Å². The van der Waals surface area contributed by atoms with E-state index < -0.39 is 0 Å². The number of aromatic nitrogens is 2. The van der Waals surface area contributed by atoms with Crippen molar-refractivity contribution in [1.29, 1.82) is 0 Å². The minimum Gasteiger partial charge on any atom is -0.359 e. The minimum absolute atomic E-state index is 0.0167. The third-order valence-electron chi connectivity index (χ3n) is 4.49. The number of rotatable bonds is 3. The predicted molar refractivity (Wildman–Crippen MR) is 82.5 cm³/mol. The molecule has 0 spiro atoms. The molecule has 1 atom stereocenters. The van der Waals surface area contributed by atoms with E-state index in [4.69, 9.17) is 0 Å². The van der Waals surface area contributed by atoms with E-state index in [2.05, 4.69) is 34.6 Å². The zero-order valence-corrected chi connectivity index (χ0v) is 12.0. The monoisotopic (exact) mass is 281 g/mol. The van der Waals surface area contributed by atoms with Gasteiger partial charge in [-0.2, -0.15) is 0 Å². The highest BCUT2D eigenvalue weighted by Crippen LogP contribution is 2.34. The molecule has 1 heterocycles. The van der Waals surface area contributed by atoms with Gasteiger partial charge in [-0.15, -0.1) is 0 Å². The molecule has 1 N–H and O–H groups in total. The lowest BCUT2D eigenvalue weighted by Crippen LogP contribution is -2.27. The zero-order valence-electron chi connectivity index (χ0n) is 12.0. The molecule has 0 saturated heterocycles. The average Bonchev–Trinajstić information content (AvgIpc) is 3.34. The highest BCUT2D eigenvalue weighted by molar-refractivity contribution is 5.41. The number of nitrogens with zero attached hydrogens (tertiary/aromatic N) is 2. The summed E-state index contributed by atoms with van der Waals surface area (Å²) in [5.41, 5.74) is 2.72. The summed E-state index contributed by atoms with van der Waals surface area (Å²) < 4.78 is 1.82. The van der Waals surface area contributed by atoms with Crippen LogP contribution in [0.3, 0.4) is 0 Å². The molecule has 4 heteroatoms. The summed E-state index contributed by atoms with van der Waals surface area (Å²) in [5.74, 6) is 0.492. The number of hydrogen-bond acceptors (Lipinski definition) is 3. The number of fused-ring (bicyclic) bond motifs is 1. The van der Waals surface area contributed by atoms with Crippen LogP contribution in [0.4, 0.5) is 5.82 Å². The van der Waals surface area contributed by atoms with Gasteiger partial charge in [0.25, 0.3) is 5.56 Å². The van der Waals surface area contributed by atoms with Crippen LogP contribution in [-0.2, 0) is 6.42 Å². The second kappa shape index (κ2) is 5.02. The fourth-order valence-electron chi connectivity index (χ4n) is 3.23. The lowest BCUT2D eigenvalue weighted by Gasteiger charge is -2.26. The van der Waals surface area contributed by atoms with Gasteiger partial charge in [0.2, 0.25) is 0 Å². The van der Waals surface area contributed by atoms with Crippen molar-refractivity contribution in [3.63, 3.8) is 0 Å². The number of aryl methyl sites for hydroxylation is 1. The Balaban J connectivity index is 1.65. The number of nitrogens with one attached hydrogen (secondary N) is 1. The molecule has 0 amide bonds. The molecule has 108 valence electrons. The zero-order chi connectivity index (χ0) is 14.2. The van der Waals surface area contributed by atoms with Crippen LogP contribution in [0.1, 0.15) is 48.9 Å². The fourth-order valence-corrected chi connectivity index (χ4v) is 3.23. The first-order valence-corrected chi connectivity index (χ1v) is 7.74. The van der Waals surface area contributed by atoms with Crippen molar-refractivity contribution in [2.24, 2.45) is 0 Å². The summed E-state index contributed by atoms with van der Waals surface area (Å²) >= 11 is 0. The molecule has 4 rings (SSSR count). The quantitative estimate of drug-likeness (QED) is 0.940. The van der Waals surface area contributed by atoms with Crippen LogP contribution in [-0.4, -0.2) is 9.55 Å². The molecule has 1 aromatic carbocycles. The third kappa shape index (κ3) is 2.35. The molecule has 21 heavy (non-hydrogen) atoms. The van der Waals surface area contributed by atoms with Crippen molar-refractivity contribution >= 4 is 5.82 Å². The van der Waals surface area contributed by atoms with Gasteiger partial charge in [0, 0.05) is 18.4 Å². The van der Waals surface area contributed by atoms with E-state index in [-0.39, 0.29) is 11.6 Å². The highest BCUT2D eigenvalue weighted by atomic mass is 16.1. The molecule has 1 aromatic heterocycles. The second-order valence-electron chi connectivity index (χ2n) is 6.01. The summed E-state index contributed by atoms with van der Waals surface area (Å²) in [5, 5.41) is 3.38. The Hall–Kier alpha value is -2.10. The summed E-state index contributed by atoms with van der Waals surface area (Å²) in [6.45, 7) is 0. The fraction of sp³-hybridized carbons (Fsp3) is 0.412. The van der Waals surface area contributed by atoms with Crippen molar-refractivity contribution < 1.29 is 0 Å². The Kier molecular flexibility index (Phi) is 3.02. The predicted octanol–water partition coefficient (Wildman–Crippen LogP) is 3.07. The maximum Gasteiger partial charge on any atom is 0.293 e. The first-order valence-electron chi connectivity index (χ1n) is 7.74. The maximum absolute atomic E-state index is 12.5. The summed E-state index contributed by atoms with van der Waals surface area (Å²) in [7, 11) is 0. The third-order valence-corrected chi connectivity index (χ3v) is 4.49. The first kappa shape index (κ1) is 12.6. The molecule has 1 unspecified atom stereocenters. The lowest BCUT2D eigenvalue weighted by molar-refractivity contribution is 0.595. The Labute approximate surface area is 123 Å². The van der Waals surface area contributed by atoms with Crippen molar-refractivity contribution in [3.05, 3.63) is 58.1 Å². The van der Waals surface area contributed by atoms with Crippen molar-refractivity contribution in [2.45, 2.75) is 44.2 Å². The second-order valence-corrected chi connectivity index (χ2v) is 6.01. The Morgan fingerprint density at radius 2 is 2.05 bits per heavy atom. The SMILES string of the molecule is O=c1c(NC2CCCc3ccccc32)nccn1C1CC1. The molecule has 0 aliphatic heterocycles. The van der Waals surface area contributed by atoms with Gasteiger partial charge in [0.1, 0.15) is 0 Å². The topological polar surface area (TPSA) is 46.9 Å². The Bertz CT molecular complexity index is 718. The Morgan fingerprint density at radius 3 is 2.90 bits per heavy atom. The molecule has 0 bridgehead atoms. The van der Waals surface area contributed by atoms with E-state index in [1.807, 2.05) is 4.57 Å². The number of hydrogen-bond donors (Lipinski definition) is 1. The normalized spacial score (nSPS) is 20.9. The van der Waals surface area contributed by atoms with Gasteiger partial charge in [-0.1, -0.05) is 24.3 Å². The lowest BCUT2D eigenvalue weighted by atomic mass is 9.88. The standard InChI is InChI=1S/C17H19N3O/c21-17-16(18-10-11-20(17)13-8-9-13)19-15-7-3-5-12-4-1-2-6-14(12)15/h1-2,4,6,10-11,13,15H,3,5,7-9H2,(H,18,19). The van der Waals surface area contributed by atoms with Gasteiger partial charge in [-0.3, -0.25) is 4.79 Å². The van der Waals surface area contributed by atoms with Crippen LogP contribution in [0.15, 0.2) is 41.5 Å². The van der Waals surface area contributed by atoms with Crippen LogP contribution in [0, 0.1) is 0 Å². The van der Waals surface area contributed by atoms with Gasteiger partial charge in [0.15, 0.2) is 5.82 Å². The Morgan fingerprint density at radius 1 is 1.19 bits per heavy atom. The smallest absolute Gasteiger partial charge is 0.293 e. The van der Waals surface area contributed by atoms with E-state index >= 15 is 0 Å². The van der Waals surface area contributed by atoms with Crippen LogP contribution in [0.25, 0.3) is 0 Å². The summed E-state index contributed by atoms with van der Waals surface area (Å²) in [6.07, 6.45) is 9.08. The molecule has 4 nitrogen and oxygen atoms in total. The van der Waals surface area contributed by atoms with E-state index in [1.165, 1.54) is 11.1 Å². The van der Waals surface area contributed by atoms with Gasteiger partial charge in [-0.25, -0.2) is 4.98 Å². The first-order chi connectivity index (χ1) is 10.3. The van der Waals surface area contributed by atoms with Gasteiger partial charge in [-0.05, 0) is 43.2 Å². The summed E-state index contributed by atoms with van der Waals surface area (Å²) in [6, 6.07) is 9.09. The van der Waals surface area contributed by atoms with E-state index in [0.717, 1.165) is 32.1 Å². The minimum atomic E-state index is 0.0167. The van der Waals surface area contributed by atoms with Crippen molar-refractivity contribution in [3.8, 4) is 0 Å². The molecular formula is C17H19N3O. The van der Waals surface area contributed by atoms with Crippen LogP contribution in [0.5, 0.6) is 0 Å². The molecule has 1 fully saturated rings. The molecule has 2 aromatic rings. The molecule has 2 aliphatic carbocycles. The van der Waals surface area contributed by atoms with E-state index in [1.54, 1.807) is 12.4 Å². The maximum atomic E-state index is 12.5. The highest BCUT2D eigenvalue weighted by Gasteiger charge is 2.26. The van der Waals surface area contributed by atoms with E-state index in [0.29, 0.717) is 11.9 Å². The molecular weight excluding hydrogens is 262 g/mol. The van der Waals surface area contributed by atoms with Crippen molar-refractivity contribution in [2.75, 3.05) is 5.32 Å². The van der Waals surface area contributed by atoms with Crippen LogP contribution >= 0.6 is 0 Å². The van der Waals surface area contributed by atoms with Crippen LogP contribution < -0.4 is 10.9 Å². The number of benzene rings is 1. The largest absolute Gasteiger partial charge is 0.359 e. The van der Waals surface area contributed by atoms with E-state index in [9.17, 15) is 4.79 Å². The molecule has 2 aliphatic rings. The van der Waals surface area contributed by atoms with Gasteiger partial charge in [0.05, 0.1) is 6.04 Å². The van der Waals surface area contributed by atoms with Gasteiger partial charge >= 0.3 is 0 Å². The summed E-state index contributed by atoms with van der Waals surface area (Å²) in [4.78, 5) is 16.7. The average molecular weight is 281 g/mol. The van der Waals surface area contributed by atoms with Crippen molar-refractivity contribution in [1.82, 2.24) is 9.55 Å².